The number of nitrogens with zero attached hydrogens (tertiary/aromatic N) is 1. The minimum atomic E-state index is -4.44. The molecule has 0 fully saturated rings. The number of hydrogen-bond donors (Lipinski definition) is 1. The number of likely N-dealkylation sites (N-methyl/N-ethyl adjacent to an activating group) is 1. The summed E-state index contributed by atoms with van der Waals surface area (Å²) in [5.74, 6) is -0.892. The standard InChI is InChI=1S/C17H17F3N2O3/c1-11(21-15(23)13-6-7-25-10-13)16(24)22(2)9-12-4-3-5-14(8-12)17(18,19)20/h3-8,10-11H,9H2,1-2H3,(H,21,23). The molecule has 8 heteroatoms. The van der Waals surface area contributed by atoms with Crippen LogP contribution in [0, 0.1) is 0 Å². The Bertz CT molecular complexity index is 742. The van der Waals surface area contributed by atoms with Gasteiger partial charge in [-0.1, -0.05) is 12.1 Å². The van der Waals surface area contributed by atoms with E-state index in [1.54, 1.807) is 0 Å². The molecule has 0 spiro atoms. The molecule has 1 unspecified atom stereocenters. The lowest BCUT2D eigenvalue weighted by Crippen LogP contribution is -2.45. The summed E-state index contributed by atoms with van der Waals surface area (Å²) in [5, 5.41) is 2.51. The van der Waals surface area contributed by atoms with E-state index in [-0.39, 0.29) is 12.1 Å². The summed E-state index contributed by atoms with van der Waals surface area (Å²) in [6.07, 6.45) is -1.86. The molecule has 1 aromatic heterocycles. The fraction of sp³-hybridized carbons (Fsp3) is 0.294. The molecule has 0 bridgehead atoms. The Morgan fingerprint density at radius 2 is 2.00 bits per heavy atom. The lowest BCUT2D eigenvalue weighted by Gasteiger charge is -2.22. The second-order valence-corrected chi connectivity index (χ2v) is 5.60. The Morgan fingerprint density at radius 1 is 1.28 bits per heavy atom. The molecule has 0 aliphatic heterocycles. The summed E-state index contributed by atoms with van der Waals surface area (Å²) in [7, 11) is 1.46. The molecule has 0 aliphatic rings. The largest absolute Gasteiger partial charge is 0.472 e. The van der Waals surface area contributed by atoms with Gasteiger partial charge in [0.1, 0.15) is 12.3 Å². The van der Waals surface area contributed by atoms with Crippen LogP contribution in [0.4, 0.5) is 13.2 Å². The summed E-state index contributed by atoms with van der Waals surface area (Å²) in [6, 6.07) is 5.39. The van der Waals surface area contributed by atoms with Crippen LogP contribution in [-0.2, 0) is 17.5 Å². The van der Waals surface area contributed by atoms with E-state index in [0.717, 1.165) is 12.1 Å². The molecule has 0 radical (unpaired) electrons. The van der Waals surface area contributed by atoms with Gasteiger partial charge in [-0.3, -0.25) is 9.59 Å². The Kier molecular flexibility index (Phi) is 5.51. The number of furan rings is 1. The Balaban J connectivity index is 1.99. The predicted octanol–water partition coefficient (Wildman–Crippen LogP) is 3.08. The number of carbonyl (C=O) groups excluding carboxylic acids is 2. The molecule has 25 heavy (non-hydrogen) atoms. The Hall–Kier alpha value is -2.77. The smallest absolute Gasteiger partial charge is 0.416 e. The number of hydrogen-bond acceptors (Lipinski definition) is 3. The monoisotopic (exact) mass is 354 g/mol. The summed E-state index contributed by atoms with van der Waals surface area (Å²) >= 11 is 0. The lowest BCUT2D eigenvalue weighted by molar-refractivity contribution is -0.137. The van der Waals surface area contributed by atoms with E-state index in [4.69, 9.17) is 4.42 Å². The van der Waals surface area contributed by atoms with Crippen LogP contribution < -0.4 is 5.32 Å². The maximum Gasteiger partial charge on any atom is 0.416 e. The highest BCUT2D eigenvalue weighted by Crippen LogP contribution is 2.29. The van der Waals surface area contributed by atoms with Gasteiger partial charge in [0, 0.05) is 13.6 Å². The average molecular weight is 354 g/mol. The lowest BCUT2D eigenvalue weighted by atomic mass is 10.1. The van der Waals surface area contributed by atoms with Gasteiger partial charge in [-0.15, -0.1) is 0 Å². The van der Waals surface area contributed by atoms with E-state index in [1.807, 2.05) is 0 Å². The van der Waals surface area contributed by atoms with Crippen LogP contribution in [0.2, 0.25) is 0 Å². The zero-order chi connectivity index (χ0) is 18.6. The van der Waals surface area contributed by atoms with Gasteiger partial charge in [0.25, 0.3) is 5.91 Å². The molecule has 0 saturated carbocycles. The third kappa shape index (κ3) is 4.85. The Labute approximate surface area is 142 Å². The van der Waals surface area contributed by atoms with Crippen molar-refractivity contribution in [3.05, 3.63) is 59.5 Å². The highest BCUT2D eigenvalue weighted by molar-refractivity contribution is 5.97. The quantitative estimate of drug-likeness (QED) is 0.898. The highest BCUT2D eigenvalue weighted by atomic mass is 19.4. The van der Waals surface area contributed by atoms with Crippen molar-refractivity contribution < 1.29 is 27.2 Å². The maximum absolute atomic E-state index is 12.7. The molecule has 2 rings (SSSR count). The topological polar surface area (TPSA) is 62.6 Å². The Morgan fingerprint density at radius 3 is 2.60 bits per heavy atom. The van der Waals surface area contributed by atoms with Gasteiger partial charge in [-0.25, -0.2) is 0 Å². The summed E-state index contributed by atoms with van der Waals surface area (Å²) < 4.78 is 43.0. The number of alkyl halides is 3. The summed E-state index contributed by atoms with van der Waals surface area (Å²) in [4.78, 5) is 25.4. The molecule has 2 amide bonds. The van der Waals surface area contributed by atoms with Crippen molar-refractivity contribution in [1.29, 1.82) is 0 Å². The molecule has 134 valence electrons. The number of benzene rings is 1. The number of amides is 2. The predicted molar refractivity (Wildman–Crippen MR) is 83.6 cm³/mol. The summed E-state index contributed by atoms with van der Waals surface area (Å²) in [6.45, 7) is 1.50. The molecule has 0 aliphatic carbocycles. The van der Waals surface area contributed by atoms with Gasteiger partial charge in [0.2, 0.25) is 5.91 Å². The van der Waals surface area contributed by atoms with Crippen LogP contribution in [0.25, 0.3) is 0 Å². The van der Waals surface area contributed by atoms with Crippen LogP contribution in [0.3, 0.4) is 0 Å². The minimum absolute atomic E-state index is 0.00528. The van der Waals surface area contributed by atoms with E-state index < -0.39 is 29.6 Å². The first kappa shape index (κ1) is 18.6. The molecule has 1 aromatic carbocycles. The third-order valence-electron chi connectivity index (χ3n) is 3.55. The highest BCUT2D eigenvalue weighted by Gasteiger charge is 2.30. The van der Waals surface area contributed by atoms with Crippen molar-refractivity contribution >= 4 is 11.8 Å². The first-order chi connectivity index (χ1) is 11.7. The van der Waals surface area contributed by atoms with Gasteiger partial charge in [-0.2, -0.15) is 13.2 Å². The number of halogens is 3. The molecule has 1 heterocycles. The van der Waals surface area contributed by atoms with Gasteiger partial charge >= 0.3 is 6.18 Å². The number of rotatable bonds is 5. The van der Waals surface area contributed by atoms with E-state index in [2.05, 4.69) is 5.32 Å². The second-order valence-electron chi connectivity index (χ2n) is 5.60. The minimum Gasteiger partial charge on any atom is -0.472 e. The second kappa shape index (κ2) is 7.42. The van der Waals surface area contributed by atoms with Crippen molar-refractivity contribution in [2.75, 3.05) is 7.05 Å². The van der Waals surface area contributed by atoms with E-state index in [0.29, 0.717) is 5.56 Å². The first-order valence-corrected chi connectivity index (χ1v) is 7.42. The van der Waals surface area contributed by atoms with Gasteiger partial charge < -0.3 is 14.6 Å². The normalized spacial score (nSPS) is 12.5. The van der Waals surface area contributed by atoms with Crippen molar-refractivity contribution in [2.45, 2.75) is 25.7 Å². The average Bonchev–Trinajstić information content (AvgIpc) is 3.08. The SMILES string of the molecule is CC(NC(=O)c1ccoc1)C(=O)N(C)Cc1cccc(C(F)(F)F)c1. The van der Waals surface area contributed by atoms with E-state index in [9.17, 15) is 22.8 Å². The van der Waals surface area contributed by atoms with Crippen molar-refractivity contribution in [3.8, 4) is 0 Å². The molecule has 0 saturated heterocycles. The van der Waals surface area contributed by atoms with Crippen LogP contribution in [0.1, 0.15) is 28.4 Å². The van der Waals surface area contributed by atoms with Crippen molar-refractivity contribution in [2.24, 2.45) is 0 Å². The zero-order valence-corrected chi connectivity index (χ0v) is 13.6. The van der Waals surface area contributed by atoms with Gasteiger partial charge in [0.05, 0.1) is 17.4 Å². The van der Waals surface area contributed by atoms with Crippen LogP contribution >= 0.6 is 0 Å². The molecular formula is C17H17F3N2O3. The molecule has 2 aromatic rings. The fourth-order valence-corrected chi connectivity index (χ4v) is 2.26. The van der Waals surface area contributed by atoms with E-state index >= 15 is 0 Å². The van der Waals surface area contributed by atoms with E-state index in [1.165, 1.54) is 49.6 Å². The van der Waals surface area contributed by atoms with Gasteiger partial charge in [0.15, 0.2) is 0 Å². The third-order valence-corrected chi connectivity index (χ3v) is 3.55. The van der Waals surface area contributed by atoms with Crippen LogP contribution in [-0.4, -0.2) is 29.8 Å². The summed E-state index contributed by atoms with van der Waals surface area (Å²) in [5.41, 5.74) is -0.147. The molecule has 5 nitrogen and oxygen atoms in total. The van der Waals surface area contributed by atoms with Crippen molar-refractivity contribution in [1.82, 2.24) is 10.2 Å². The zero-order valence-electron chi connectivity index (χ0n) is 13.6. The molecule has 1 N–H and O–H groups in total. The number of carbonyl (C=O) groups is 2. The fourth-order valence-electron chi connectivity index (χ4n) is 2.26. The van der Waals surface area contributed by atoms with Crippen LogP contribution in [0.15, 0.2) is 47.3 Å². The number of nitrogens with one attached hydrogen (secondary N) is 1. The first-order valence-electron chi connectivity index (χ1n) is 7.42. The molecule has 1 atom stereocenters. The van der Waals surface area contributed by atoms with Crippen LogP contribution in [0.5, 0.6) is 0 Å². The molecular weight excluding hydrogens is 337 g/mol. The maximum atomic E-state index is 12.7. The van der Waals surface area contributed by atoms with Gasteiger partial charge in [-0.05, 0) is 30.7 Å². The van der Waals surface area contributed by atoms with Crippen molar-refractivity contribution in [3.63, 3.8) is 0 Å².